The Labute approximate surface area is 123 Å². The van der Waals surface area contributed by atoms with Gasteiger partial charge in [0.1, 0.15) is 4.88 Å². The fourth-order valence-corrected chi connectivity index (χ4v) is 2.69. The van der Waals surface area contributed by atoms with Gasteiger partial charge in [0.25, 0.3) is 5.91 Å². The number of nitrogens with two attached hydrogens (primary N) is 1. The second-order valence-electron chi connectivity index (χ2n) is 3.99. The summed E-state index contributed by atoms with van der Waals surface area (Å²) in [5, 5.41) is 6.81. The Kier molecular flexibility index (Phi) is 4.49. The van der Waals surface area contributed by atoms with E-state index in [0.29, 0.717) is 16.3 Å². The van der Waals surface area contributed by atoms with Crippen LogP contribution in [0.5, 0.6) is 0 Å². The van der Waals surface area contributed by atoms with E-state index in [1.807, 2.05) is 6.92 Å². The van der Waals surface area contributed by atoms with Gasteiger partial charge in [-0.2, -0.15) is 0 Å². The van der Waals surface area contributed by atoms with E-state index in [9.17, 15) is 4.79 Å². The highest BCUT2D eigenvalue weighted by Gasteiger charge is 2.16. The number of aromatic nitrogens is 2. The third-order valence-electron chi connectivity index (χ3n) is 2.49. The molecule has 0 fully saturated rings. The summed E-state index contributed by atoms with van der Waals surface area (Å²) < 4.78 is 4.58. The Morgan fingerprint density at radius 2 is 2.32 bits per heavy atom. The molecule has 0 spiro atoms. The highest BCUT2D eigenvalue weighted by molar-refractivity contribution is 9.10. The van der Waals surface area contributed by atoms with Crippen LogP contribution < -0.4 is 11.1 Å². The minimum absolute atomic E-state index is 0.191. The average molecular weight is 341 g/mol. The lowest BCUT2D eigenvalue weighted by Gasteiger charge is -2.07. The number of carbonyl (C=O) groups excluding carboxylic acids is 1. The molecule has 0 aliphatic carbocycles. The number of benzene rings is 1. The van der Waals surface area contributed by atoms with Crippen LogP contribution in [0.4, 0.5) is 11.4 Å². The molecule has 100 valence electrons. The third-order valence-corrected chi connectivity index (χ3v) is 3.91. The molecule has 0 saturated carbocycles. The van der Waals surface area contributed by atoms with Gasteiger partial charge in [0.15, 0.2) is 0 Å². The molecule has 0 bridgehead atoms. The predicted molar refractivity (Wildman–Crippen MR) is 80.4 cm³/mol. The smallest absolute Gasteiger partial charge is 0.269 e. The molecule has 0 aliphatic rings. The molecule has 19 heavy (non-hydrogen) atoms. The van der Waals surface area contributed by atoms with Gasteiger partial charge in [-0.3, -0.25) is 4.79 Å². The summed E-state index contributed by atoms with van der Waals surface area (Å²) in [6.07, 6.45) is 1.68. The van der Waals surface area contributed by atoms with Gasteiger partial charge in [-0.05, 0) is 52.1 Å². The molecule has 1 amide bonds. The summed E-state index contributed by atoms with van der Waals surface area (Å²) in [5.74, 6) is -0.191. The number of hydrogen-bond acceptors (Lipinski definition) is 5. The summed E-state index contributed by atoms with van der Waals surface area (Å²) in [6.45, 7) is 2.04. The van der Waals surface area contributed by atoms with Crippen molar-refractivity contribution in [3.8, 4) is 0 Å². The van der Waals surface area contributed by atoms with Crippen LogP contribution in [0.15, 0.2) is 22.7 Å². The van der Waals surface area contributed by atoms with Gasteiger partial charge >= 0.3 is 0 Å². The maximum atomic E-state index is 12.2. The first kappa shape index (κ1) is 14.0. The third kappa shape index (κ3) is 3.30. The number of aryl methyl sites for hydroxylation is 1. The lowest BCUT2D eigenvalue weighted by molar-refractivity contribution is 0.102. The highest BCUT2D eigenvalue weighted by atomic mass is 79.9. The maximum Gasteiger partial charge on any atom is 0.269 e. The number of carbonyl (C=O) groups is 1. The number of nitrogen functional groups attached to an aromatic ring is 1. The van der Waals surface area contributed by atoms with Crippen molar-refractivity contribution >= 4 is 44.7 Å². The lowest BCUT2D eigenvalue weighted by atomic mass is 10.2. The van der Waals surface area contributed by atoms with E-state index in [2.05, 4.69) is 30.8 Å². The van der Waals surface area contributed by atoms with Gasteiger partial charge in [-0.25, -0.2) is 0 Å². The minimum Gasteiger partial charge on any atom is -0.399 e. The van der Waals surface area contributed by atoms with Gasteiger partial charge in [0.2, 0.25) is 0 Å². The Balaban J connectivity index is 2.18. The molecule has 0 atom stereocenters. The summed E-state index contributed by atoms with van der Waals surface area (Å²) in [6, 6.07) is 5.23. The second-order valence-corrected chi connectivity index (χ2v) is 5.60. The van der Waals surface area contributed by atoms with Crippen LogP contribution in [0.1, 0.15) is 28.7 Å². The van der Waals surface area contributed by atoms with Crippen molar-refractivity contribution in [3.63, 3.8) is 0 Å². The fourth-order valence-electron chi connectivity index (χ4n) is 1.59. The number of nitrogens with one attached hydrogen (secondary N) is 1. The molecule has 1 heterocycles. The van der Waals surface area contributed by atoms with E-state index in [-0.39, 0.29) is 5.91 Å². The number of amides is 1. The summed E-state index contributed by atoms with van der Waals surface area (Å²) >= 11 is 4.48. The number of rotatable bonds is 4. The zero-order valence-corrected chi connectivity index (χ0v) is 12.7. The standard InChI is InChI=1S/C12H13BrN4OS/c1-2-3-10-11(19-17-16-10)12(18)15-9-5-4-7(14)6-8(9)13/h4-6H,2-3,14H2,1H3,(H,15,18). The first-order valence-corrected chi connectivity index (χ1v) is 7.36. The molecule has 2 rings (SSSR count). The SMILES string of the molecule is CCCc1nnsc1C(=O)Nc1ccc(N)cc1Br. The normalized spacial score (nSPS) is 10.4. The zero-order chi connectivity index (χ0) is 13.8. The molecule has 2 aromatic rings. The molecule has 0 aliphatic heterocycles. The largest absolute Gasteiger partial charge is 0.399 e. The van der Waals surface area contributed by atoms with Crippen molar-refractivity contribution in [2.45, 2.75) is 19.8 Å². The summed E-state index contributed by atoms with van der Waals surface area (Å²) in [4.78, 5) is 12.7. The van der Waals surface area contributed by atoms with E-state index in [1.165, 1.54) is 0 Å². The Bertz CT molecular complexity index is 599. The quantitative estimate of drug-likeness (QED) is 0.838. The van der Waals surface area contributed by atoms with Gasteiger partial charge in [-0.1, -0.05) is 17.8 Å². The Morgan fingerprint density at radius 1 is 1.53 bits per heavy atom. The van der Waals surface area contributed by atoms with Crippen LogP contribution in [0.25, 0.3) is 0 Å². The van der Waals surface area contributed by atoms with E-state index in [1.54, 1.807) is 18.2 Å². The lowest BCUT2D eigenvalue weighted by Crippen LogP contribution is -2.13. The maximum absolute atomic E-state index is 12.2. The predicted octanol–water partition coefficient (Wildman–Crippen LogP) is 3.09. The Hall–Kier alpha value is -1.47. The molecule has 3 N–H and O–H groups in total. The minimum atomic E-state index is -0.191. The monoisotopic (exact) mass is 340 g/mol. The van der Waals surface area contributed by atoms with Gasteiger partial charge in [-0.15, -0.1) is 5.10 Å². The van der Waals surface area contributed by atoms with Crippen molar-refractivity contribution in [3.05, 3.63) is 33.2 Å². The molecule has 5 nitrogen and oxygen atoms in total. The van der Waals surface area contributed by atoms with Gasteiger partial charge in [0.05, 0.1) is 11.4 Å². The zero-order valence-electron chi connectivity index (χ0n) is 10.3. The van der Waals surface area contributed by atoms with Crippen LogP contribution in [0.3, 0.4) is 0 Å². The summed E-state index contributed by atoms with van der Waals surface area (Å²) in [5.41, 5.74) is 7.71. The van der Waals surface area contributed by atoms with Gasteiger partial charge < -0.3 is 11.1 Å². The van der Waals surface area contributed by atoms with E-state index in [4.69, 9.17) is 5.73 Å². The number of hydrogen-bond donors (Lipinski definition) is 2. The van der Waals surface area contributed by atoms with Crippen molar-refractivity contribution in [1.29, 1.82) is 0 Å². The van der Waals surface area contributed by atoms with Crippen LogP contribution in [-0.2, 0) is 6.42 Å². The second kappa shape index (κ2) is 6.12. The molecule has 0 saturated heterocycles. The van der Waals surface area contributed by atoms with Crippen molar-refractivity contribution in [2.24, 2.45) is 0 Å². The van der Waals surface area contributed by atoms with Crippen LogP contribution >= 0.6 is 27.5 Å². The van der Waals surface area contributed by atoms with Crippen LogP contribution in [0.2, 0.25) is 0 Å². The molecule has 0 unspecified atom stereocenters. The number of anilines is 2. The van der Waals surface area contributed by atoms with Gasteiger partial charge in [0, 0.05) is 10.2 Å². The van der Waals surface area contributed by atoms with Crippen molar-refractivity contribution in [1.82, 2.24) is 9.59 Å². The molecular formula is C12H13BrN4OS. The summed E-state index contributed by atoms with van der Waals surface area (Å²) in [7, 11) is 0. The van der Waals surface area contributed by atoms with E-state index in [0.717, 1.165) is 34.5 Å². The number of halogens is 1. The van der Waals surface area contributed by atoms with Crippen LogP contribution in [-0.4, -0.2) is 15.5 Å². The molecule has 1 aromatic heterocycles. The fraction of sp³-hybridized carbons (Fsp3) is 0.250. The molecule has 0 radical (unpaired) electrons. The molecular weight excluding hydrogens is 328 g/mol. The van der Waals surface area contributed by atoms with Crippen LogP contribution in [0, 0.1) is 0 Å². The number of nitrogens with zero attached hydrogens (tertiary/aromatic N) is 2. The van der Waals surface area contributed by atoms with Crippen molar-refractivity contribution in [2.75, 3.05) is 11.1 Å². The molecule has 7 heteroatoms. The van der Waals surface area contributed by atoms with E-state index < -0.39 is 0 Å². The average Bonchev–Trinajstić information content (AvgIpc) is 2.81. The van der Waals surface area contributed by atoms with Crippen molar-refractivity contribution < 1.29 is 4.79 Å². The van der Waals surface area contributed by atoms with E-state index >= 15 is 0 Å². The topological polar surface area (TPSA) is 80.9 Å². The highest BCUT2D eigenvalue weighted by Crippen LogP contribution is 2.25. The molecule has 1 aromatic carbocycles. The Morgan fingerprint density at radius 3 is 3.00 bits per heavy atom. The first-order valence-electron chi connectivity index (χ1n) is 5.79. The first-order chi connectivity index (χ1) is 9.11.